The minimum atomic E-state index is -0.824. The molecular formula is C8H10N2O3. The summed E-state index contributed by atoms with van der Waals surface area (Å²) in [4.78, 5) is 16.5. The SMILES string of the molecule is C=COC(=O)OC=C.c1c[nH]cn1. The molecule has 5 heteroatoms. The van der Waals surface area contributed by atoms with E-state index in [4.69, 9.17) is 0 Å². The molecule has 13 heavy (non-hydrogen) atoms. The molecule has 70 valence electrons. The fourth-order valence-corrected chi connectivity index (χ4v) is 0.379. The molecule has 1 aromatic rings. The van der Waals surface area contributed by atoms with Crippen molar-refractivity contribution in [1.82, 2.24) is 9.97 Å². The van der Waals surface area contributed by atoms with Gasteiger partial charge in [0.2, 0.25) is 0 Å². The zero-order valence-electron chi connectivity index (χ0n) is 6.97. The second kappa shape index (κ2) is 8.06. The molecule has 0 saturated heterocycles. The number of aromatic amines is 1. The highest BCUT2D eigenvalue weighted by atomic mass is 16.7. The highest BCUT2D eigenvalue weighted by Crippen LogP contribution is 1.83. The summed E-state index contributed by atoms with van der Waals surface area (Å²) in [5.74, 6) is 0. The molecular weight excluding hydrogens is 172 g/mol. The minimum Gasteiger partial charge on any atom is -0.403 e. The second-order valence-electron chi connectivity index (χ2n) is 1.58. The van der Waals surface area contributed by atoms with Gasteiger partial charge in [0.25, 0.3) is 0 Å². The number of nitrogens with one attached hydrogen (secondary N) is 1. The van der Waals surface area contributed by atoms with Crippen LogP contribution in [0.5, 0.6) is 0 Å². The Morgan fingerprint density at radius 2 is 2.00 bits per heavy atom. The van der Waals surface area contributed by atoms with Crippen LogP contribution in [0.25, 0.3) is 0 Å². The molecule has 0 fully saturated rings. The molecule has 1 aromatic heterocycles. The van der Waals surface area contributed by atoms with Crippen molar-refractivity contribution in [3.63, 3.8) is 0 Å². The predicted octanol–water partition coefficient (Wildman–Crippen LogP) is 1.84. The van der Waals surface area contributed by atoms with Crippen molar-refractivity contribution in [3.05, 3.63) is 44.4 Å². The van der Waals surface area contributed by atoms with Gasteiger partial charge in [-0.05, 0) is 0 Å². The van der Waals surface area contributed by atoms with E-state index in [1.165, 1.54) is 0 Å². The monoisotopic (exact) mass is 182 g/mol. The maximum absolute atomic E-state index is 10.1. The standard InChI is InChI=1S/C5H6O3.C3H4N2/c1-3-7-5(6)8-4-2;1-2-5-3-4-1/h3-4H,1-2H2;1-3H,(H,4,5). The molecule has 1 rings (SSSR count). The lowest BCUT2D eigenvalue weighted by molar-refractivity contribution is 0.120. The van der Waals surface area contributed by atoms with Crippen molar-refractivity contribution in [3.8, 4) is 0 Å². The summed E-state index contributed by atoms with van der Waals surface area (Å²) < 4.78 is 8.23. The van der Waals surface area contributed by atoms with E-state index in [1.807, 2.05) is 0 Å². The van der Waals surface area contributed by atoms with Crippen molar-refractivity contribution in [2.24, 2.45) is 0 Å². The lowest BCUT2D eigenvalue weighted by Crippen LogP contribution is -1.96. The van der Waals surface area contributed by atoms with Gasteiger partial charge in [-0.2, -0.15) is 0 Å². The molecule has 0 saturated carbocycles. The summed E-state index contributed by atoms with van der Waals surface area (Å²) in [5.41, 5.74) is 0. The molecule has 0 amide bonds. The Hall–Kier alpha value is -2.04. The highest BCUT2D eigenvalue weighted by molar-refractivity contribution is 5.61. The minimum absolute atomic E-state index is 0.824. The third-order valence-electron chi connectivity index (χ3n) is 0.765. The van der Waals surface area contributed by atoms with E-state index in [1.54, 1.807) is 18.7 Å². The molecule has 0 radical (unpaired) electrons. The van der Waals surface area contributed by atoms with E-state index in [2.05, 4.69) is 32.6 Å². The van der Waals surface area contributed by atoms with Crippen LogP contribution in [0.4, 0.5) is 4.79 Å². The van der Waals surface area contributed by atoms with Gasteiger partial charge >= 0.3 is 6.16 Å². The van der Waals surface area contributed by atoms with Gasteiger partial charge in [-0.25, -0.2) is 9.78 Å². The van der Waals surface area contributed by atoms with Crippen molar-refractivity contribution >= 4 is 6.16 Å². The first kappa shape index (κ1) is 11.0. The number of hydrogen-bond acceptors (Lipinski definition) is 4. The Bertz CT molecular complexity index is 215. The number of H-pyrrole nitrogens is 1. The van der Waals surface area contributed by atoms with Crippen LogP contribution in [0.15, 0.2) is 44.4 Å². The number of rotatable bonds is 2. The fourth-order valence-electron chi connectivity index (χ4n) is 0.379. The lowest BCUT2D eigenvalue weighted by Gasteiger charge is -1.91. The Morgan fingerprint density at radius 3 is 2.23 bits per heavy atom. The maximum Gasteiger partial charge on any atom is 0.518 e. The number of imidazole rings is 1. The maximum atomic E-state index is 10.1. The number of nitrogens with zero attached hydrogens (tertiary/aromatic N) is 1. The Labute approximate surface area is 75.7 Å². The van der Waals surface area contributed by atoms with Crippen LogP contribution in [0.1, 0.15) is 0 Å². The van der Waals surface area contributed by atoms with Crippen LogP contribution >= 0.6 is 0 Å². The van der Waals surface area contributed by atoms with Gasteiger partial charge in [0, 0.05) is 12.4 Å². The molecule has 0 aliphatic heterocycles. The number of ether oxygens (including phenoxy) is 2. The quantitative estimate of drug-likeness (QED) is 0.559. The summed E-state index contributed by atoms with van der Waals surface area (Å²) in [6, 6.07) is 0. The summed E-state index contributed by atoms with van der Waals surface area (Å²) in [7, 11) is 0. The normalized spacial score (nSPS) is 7.38. The Balaban J connectivity index is 0.000000243. The zero-order valence-corrected chi connectivity index (χ0v) is 6.97. The van der Waals surface area contributed by atoms with E-state index < -0.39 is 6.16 Å². The van der Waals surface area contributed by atoms with Gasteiger partial charge in [-0.3, -0.25) is 0 Å². The van der Waals surface area contributed by atoms with Gasteiger partial charge < -0.3 is 14.5 Å². The van der Waals surface area contributed by atoms with Gasteiger partial charge in [0.1, 0.15) is 0 Å². The van der Waals surface area contributed by atoms with E-state index in [9.17, 15) is 4.79 Å². The number of carbonyl (C=O) groups is 1. The molecule has 0 aliphatic rings. The fraction of sp³-hybridized carbons (Fsp3) is 0. The summed E-state index contributed by atoms with van der Waals surface area (Å²) in [5, 5.41) is 0. The number of aromatic nitrogens is 2. The van der Waals surface area contributed by atoms with Crippen molar-refractivity contribution in [1.29, 1.82) is 0 Å². The Morgan fingerprint density at radius 1 is 1.38 bits per heavy atom. The number of carbonyl (C=O) groups excluding carboxylic acids is 1. The molecule has 0 atom stereocenters. The van der Waals surface area contributed by atoms with E-state index in [-0.39, 0.29) is 0 Å². The first-order chi connectivity index (χ1) is 6.31. The van der Waals surface area contributed by atoms with Gasteiger partial charge in [0.05, 0.1) is 18.9 Å². The first-order valence-electron chi connectivity index (χ1n) is 3.33. The van der Waals surface area contributed by atoms with E-state index in [0.717, 1.165) is 12.5 Å². The largest absolute Gasteiger partial charge is 0.518 e. The van der Waals surface area contributed by atoms with Gasteiger partial charge in [-0.15, -0.1) is 0 Å². The lowest BCUT2D eigenvalue weighted by atomic mass is 11.0. The summed E-state index contributed by atoms with van der Waals surface area (Å²) in [6.07, 6.45) is 6.22. The van der Waals surface area contributed by atoms with Crippen LogP contribution in [0, 0.1) is 0 Å². The predicted molar refractivity (Wildman–Crippen MR) is 46.5 cm³/mol. The average Bonchev–Trinajstić information content (AvgIpc) is 2.61. The van der Waals surface area contributed by atoms with Crippen LogP contribution < -0.4 is 0 Å². The van der Waals surface area contributed by atoms with Crippen molar-refractivity contribution < 1.29 is 14.3 Å². The van der Waals surface area contributed by atoms with Crippen LogP contribution in [0.2, 0.25) is 0 Å². The molecule has 0 bridgehead atoms. The van der Waals surface area contributed by atoms with Crippen LogP contribution in [-0.2, 0) is 9.47 Å². The molecule has 0 unspecified atom stereocenters. The summed E-state index contributed by atoms with van der Waals surface area (Å²) in [6.45, 7) is 6.25. The molecule has 0 aromatic carbocycles. The number of hydrogen-bond donors (Lipinski definition) is 1. The average molecular weight is 182 g/mol. The van der Waals surface area contributed by atoms with E-state index in [0.29, 0.717) is 0 Å². The molecule has 0 aliphatic carbocycles. The zero-order chi connectivity index (χ0) is 9.94. The van der Waals surface area contributed by atoms with Crippen molar-refractivity contribution in [2.45, 2.75) is 0 Å². The van der Waals surface area contributed by atoms with Gasteiger partial charge in [-0.1, -0.05) is 13.2 Å². The van der Waals surface area contributed by atoms with Gasteiger partial charge in [0.15, 0.2) is 0 Å². The Kier molecular flexibility index (Phi) is 6.80. The van der Waals surface area contributed by atoms with Crippen LogP contribution in [-0.4, -0.2) is 16.1 Å². The molecule has 5 nitrogen and oxygen atoms in total. The van der Waals surface area contributed by atoms with E-state index >= 15 is 0 Å². The summed E-state index contributed by atoms with van der Waals surface area (Å²) >= 11 is 0. The molecule has 1 N–H and O–H groups in total. The van der Waals surface area contributed by atoms with Crippen LogP contribution in [0.3, 0.4) is 0 Å². The first-order valence-corrected chi connectivity index (χ1v) is 3.33. The molecule has 0 spiro atoms. The topological polar surface area (TPSA) is 64.2 Å². The second-order valence-corrected chi connectivity index (χ2v) is 1.58. The van der Waals surface area contributed by atoms with Crippen molar-refractivity contribution in [2.75, 3.05) is 0 Å². The molecule has 1 heterocycles. The third kappa shape index (κ3) is 7.86. The highest BCUT2D eigenvalue weighted by Gasteiger charge is 1.93. The smallest absolute Gasteiger partial charge is 0.403 e. The third-order valence-corrected chi connectivity index (χ3v) is 0.765.